The van der Waals surface area contributed by atoms with Gasteiger partial charge in [-0.25, -0.2) is 4.39 Å². The van der Waals surface area contributed by atoms with Crippen LogP contribution in [0, 0.1) is 5.82 Å². The van der Waals surface area contributed by atoms with E-state index in [-0.39, 0.29) is 12.4 Å². The fourth-order valence-electron chi connectivity index (χ4n) is 1.52. The van der Waals surface area contributed by atoms with E-state index >= 15 is 0 Å². The number of hydrogen-bond acceptors (Lipinski definition) is 3. The third-order valence-corrected chi connectivity index (χ3v) is 2.52. The summed E-state index contributed by atoms with van der Waals surface area (Å²) in [4.78, 5) is 23.1. The Kier molecular flexibility index (Phi) is 4.65. The number of methoxy groups -OCH3 is 1. The molecule has 2 N–H and O–H groups in total. The molecule has 0 fully saturated rings. The van der Waals surface area contributed by atoms with Gasteiger partial charge in [0.1, 0.15) is 11.6 Å². The van der Waals surface area contributed by atoms with Crippen LogP contribution in [0.1, 0.15) is 5.56 Å². The lowest BCUT2D eigenvalue weighted by Gasteiger charge is -2.16. The third-order valence-electron chi connectivity index (χ3n) is 2.52. The van der Waals surface area contributed by atoms with Gasteiger partial charge in [-0.15, -0.1) is 0 Å². The number of hydrogen-bond donors (Lipinski definition) is 1. The molecule has 98 valence electrons. The number of likely N-dealkylation sites (N-methyl/N-ethyl adjacent to an activating group) is 1. The minimum atomic E-state index is -1.01. The summed E-state index contributed by atoms with van der Waals surface area (Å²) >= 11 is 0. The molecule has 6 heteroatoms. The van der Waals surface area contributed by atoms with Crippen LogP contribution in [-0.4, -0.2) is 37.4 Å². The maximum Gasteiger partial charge on any atom is 0.311 e. The molecular weight excluding hydrogens is 239 g/mol. The van der Waals surface area contributed by atoms with Gasteiger partial charge >= 0.3 is 11.8 Å². The van der Waals surface area contributed by atoms with E-state index in [0.717, 1.165) is 0 Å². The molecule has 0 bridgehead atoms. The molecule has 0 saturated heterocycles. The van der Waals surface area contributed by atoms with Gasteiger partial charge in [-0.1, -0.05) is 0 Å². The van der Waals surface area contributed by atoms with Crippen molar-refractivity contribution in [2.75, 3.05) is 20.7 Å². The Morgan fingerprint density at radius 2 is 2.11 bits per heavy atom. The first-order valence-corrected chi connectivity index (χ1v) is 5.33. The van der Waals surface area contributed by atoms with Crippen molar-refractivity contribution in [3.63, 3.8) is 0 Å². The second-order valence-corrected chi connectivity index (χ2v) is 3.80. The summed E-state index contributed by atoms with van der Waals surface area (Å²) in [6.07, 6.45) is 0.371. The molecular formula is C12H15FN2O3. The third kappa shape index (κ3) is 3.44. The largest absolute Gasteiger partial charge is 0.496 e. The molecule has 0 aromatic heterocycles. The lowest BCUT2D eigenvalue weighted by molar-refractivity contribution is -0.143. The van der Waals surface area contributed by atoms with Crippen LogP contribution in [0.4, 0.5) is 4.39 Å². The van der Waals surface area contributed by atoms with E-state index in [2.05, 4.69) is 0 Å². The minimum absolute atomic E-state index is 0.252. The predicted molar refractivity (Wildman–Crippen MR) is 63.5 cm³/mol. The lowest BCUT2D eigenvalue weighted by Crippen LogP contribution is -2.38. The van der Waals surface area contributed by atoms with E-state index in [4.69, 9.17) is 10.5 Å². The Bertz CT molecular complexity index is 463. The molecule has 0 atom stereocenters. The predicted octanol–water partition coefficient (Wildman–Crippen LogP) is 0.321. The number of ether oxygens (including phenoxy) is 1. The van der Waals surface area contributed by atoms with Gasteiger partial charge in [0.2, 0.25) is 0 Å². The highest BCUT2D eigenvalue weighted by Gasteiger charge is 2.15. The standard InChI is InChI=1S/C12H15FN2O3/c1-15(12(17)11(14)16)6-5-8-7-9(13)3-4-10(8)18-2/h3-4,7H,5-6H2,1-2H3,(H2,14,16). The molecule has 2 amide bonds. The Morgan fingerprint density at radius 1 is 1.44 bits per heavy atom. The van der Waals surface area contributed by atoms with E-state index in [0.29, 0.717) is 17.7 Å². The van der Waals surface area contributed by atoms with Gasteiger partial charge < -0.3 is 15.4 Å². The highest BCUT2D eigenvalue weighted by Crippen LogP contribution is 2.19. The molecule has 0 aliphatic rings. The van der Waals surface area contributed by atoms with Crippen LogP contribution in [0.25, 0.3) is 0 Å². The van der Waals surface area contributed by atoms with E-state index in [9.17, 15) is 14.0 Å². The number of carbonyl (C=O) groups is 2. The second-order valence-electron chi connectivity index (χ2n) is 3.80. The molecule has 1 aromatic rings. The van der Waals surface area contributed by atoms with Crippen LogP contribution in [0.15, 0.2) is 18.2 Å². The first-order valence-electron chi connectivity index (χ1n) is 5.33. The van der Waals surface area contributed by atoms with Crippen molar-refractivity contribution in [2.45, 2.75) is 6.42 Å². The highest BCUT2D eigenvalue weighted by atomic mass is 19.1. The van der Waals surface area contributed by atoms with Gasteiger partial charge in [-0.05, 0) is 30.2 Å². The van der Waals surface area contributed by atoms with Crippen molar-refractivity contribution < 1.29 is 18.7 Å². The van der Waals surface area contributed by atoms with Crippen molar-refractivity contribution in [1.29, 1.82) is 0 Å². The quantitative estimate of drug-likeness (QED) is 0.786. The molecule has 5 nitrogen and oxygen atoms in total. The van der Waals surface area contributed by atoms with Gasteiger partial charge in [0.15, 0.2) is 0 Å². The molecule has 0 spiro atoms. The van der Waals surface area contributed by atoms with Crippen LogP contribution in [-0.2, 0) is 16.0 Å². The number of amides is 2. The smallest absolute Gasteiger partial charge is 0.311 e. The number of nitrogens with two attached hydrogens (primary N) is 1. The average Bonchev–Trinajstić information content (AvgIpc) is 2.35. The van der Waals surface area contributed by atoms with Crippen LogP contribution >= 0.6 is 0 Å². The fourth-order valence-corrected chi connectivity index (χ4v) is 1.52. The molecule has 0 radical (unpaired) electrons. The maximum absolute atomic E-state index is 13.1. The molecule has 1 aromatic carbocycles. The highest BCUT2D eigenvalue weighted by molar-refractivity contribution is 6.34. The summed E-state index contributed by atoms with van der Waals surface area (Å²) in [5, 5.41) is 0. The van der Waals surface area contributed by atoms with E-state index in [1.807, 2.05) is 0 Å². The first kappa shape index (κ1) is 14.0. The van der Waals surface area contributed by atoms with Crippen LogP contribution in [0.5, 0.6) is 5.75 Å². The van der Waals surface area contributed by atoms with E-state index in [1.165, 1.54) is 37.3 Å². The minimum Gasteiger partial charge on any atom is -0.496 e. The Hall–Kier alpha value is -2.11. The van der Waals surface area contributed by atoms with E-state index < -0.39 is 11.8 Å². The summed E-state index contributed by atoms with van der Waals surface area (Å²) < 4.78 is 18.2. The number of rotatable bonds is 4. The number of halogens is 1. The Morgan fingerprint density at radius 3 is 2.67 bits per heavy atom. The summed E-state index contributed by atoms with van der Waals surface area (Å²) in [6.45, 7) is 0.252. The zero-order valence-corrected chi connectivity index (χ0v) is 10.3. The fraction of sp³-hybridized carbons (Fsp3) is 0.333. The first-order chi connectivity index (χ1) is 8.45. The van der Waals surface area contributed by atoms with Crippen molar-refractivity contribution >= 4 is 11.8 Å². The van der Waals surface area contributed by atoms with Crippen molar-refractivity contribution in [3.8, 4) is 5.75 Å². The van der Waals surface area contributed by atoms with Crippen molar-refractivity contribution in [2.24, 2.45) is 5.73 Å². The summed E-state index contributed by atoms with van der Waals surface area (Å²) in [7, 11) is 2.94. The molecule has 0 heterocycles. The molecule has 18 heavy (non-hydrogen) atoms. The van der Waals surface area contributed by atoms with Crippen LogP contribution < -0.4 is 10.5 Å². The molecule has 0 saturated carbocycles. The monoisotopic (exact) mass is 254 g/mol. The van der Waals surface area contributed by atoms with Crippen molar-refractivity contribution in [1.82, 2.24) is 4.90 Å². The molecule has 1 rings (SSSR count). The van der Waals surface area contributed by atoms with Crippen LogP contribution in [0.3, 0.4) is 0 Å². The van der Waals surface area contributed by atoms with Crippen molar-refractivity contribution in [3.05, 3.63) is 29.6 Å². The molecule has 0 unspecified atom stereocenters. The SMILES string of the molecule is COc1ccc(F)cc1CCN(C)C(=O)C(N)=O. The Balaban J connectivity index is 2.71. The van der Waals surface area contributed by atoms with Gasteiger partial charge in [-0.2, -0.15) is 0 Å². The Labute approximate surface area is 104 Å². The number of carbonyl (C=O) groups excluding carboxylic acids is 2. The van der Waals surface area contributed by atoms with Gasteiger partial charge in [0.05, 0.1) is 7.11 Å². The zero-order chi connectivity index (χ0) is 13.7. The maximum atomic E-state index is 13.1. The van der Waals surface area contributed by atoms with Gasteiger partial charge in [0, 0.05) is 13.6 Å². The lowest BCUT2D eigenvalue weighted by atomic mass is 10.1. The average molecular weight is 254 g/mol. The summed E-state index contributed by atoms with van der Waals surface area (Å²) in [5.41, 5.74) is 5.50. The number of primary amides is 1. The zero-order valence-electron chi connectivity index (χ0n) is 10.3. The van der Waals surface area contributed by atoms with Crippen LogP contribution in [0.2, 0.25) is 0 Å². The normalized spacial score (nSPS) is 9.94. The van der Waals surface area contributed by atoms with Gasteiger partial charge in [-0.3, -0.25) is 9.59 Å². The van der Waals surface area contributed by atoms with E-state index in [1.54, 1.807) is 0 Å². The molecule has 0 aliphatic heterocycles. The van der Waals surface area contributed by atoms with Gasteiger partial charge in [0.25, 0.3) is 0 Å². The number of benzene rings is 1. The topological polar surface area (TPSA) is 72.6 Å². The summed E-state index contributed by atoms with van der Waals surface area (Å²) in [5.74, 6) is -1.62. The second kappa shape index (κ2) is 6.00. The molecule has 0 aliphatic carbocycles. The number of nitrogens with zero attached hydrogens (tertiary/aromatic N) is 1. The summed E-state index contributed by atoms with van der Waals surface area (Å²) in [6, 6.07) is 4.14.